The molecule has 2 rings (SSSR count). The van der Waals surface area contributed by atoms with Gasteiger partial charge in [0, 0.05) is 0 Å². The van der Waals surface area contributed by atoms with Gasteiger partial charge in [0.25, 0.3) is 0 Å². The summed E-state index contributed by atoms with van der Waals surface area (Å²) >= 11 is 0. The third-order valence-electron chi connectivity index (χ3n) is 4.18. The molecule has 2 saturated heterocycles. The number of hydrogen-bond acceptors (Lipinski definition) is 2. The van der Waals surface area contributed by atoms with Crippen LogP contribution < -0.4 is 0 Å². The van der Waals surface area contributed by atoms with Crippen LogP contribution in [0.2, 0.25) is 0 Å². The predicted molar refractivity (Wildman–Crippen MR) is 69.9 cm³/mol. The molecule has 2 nitrogen and oxygen atoms in total. The van der Waals surface area contributed by atoms with E-state index in [-0.39, 0.29) is 11.4 Å². The summed E-state index contributed by atoms with van der Waals surface area (Å²) in [5, 5.41) is 0. The van der Waals surface area contributed by atoms with E-state index < -0.39 is 0 Å². The standard InChI is InChI=1S/C15H28O2/c1-5-7-9-14(10-8-6-2)15(17-14)13(16-15)11-12(3)4/h12-13H,5-11H2,1-4H3/t13-,15+/m1/s1. The van der Waals surface area contributed by atoms with E-state index in [2.05, 4.69) is 27.7 Å². The average molecular weight is 240 g/mol. The van der Waals surface area contributed by atoms with Crippen LogP contribution in [0.15, 0.2) is 0 Å². The molecule has 2 fully saturated rings. The SMILES string of the molecule is CCCCC1(CCCC)O[C@]12O[C@@H]2CC(C)C. The number of unbranched alkanes of at least 4 members (excludes halogenated alkanes) is 2. The van der Waals surface area contributed by atoms with Crippen molar-refractivity contribution in [3.05, 3.63) is 0 Å². The van der Waals surface area contributed by atoms with Crippen molar-refractivity contribution >= 4 is 0 Å². The molecule has 0 N–H and O–H groups in total. The van der Waals surface area contributed by atoms with Gasteiger partial charge < -0.3 is 9.47 Å². The second-order valence-corrected chi connectivity index (χ2v) is 6.21. The fourth-order valence-electron chi connectivity index (χ4n) is 3.06. The Bertz CT molecular complexity index is 254. The molecule has 0 aromatic heterocycles. The zero-order valence-electron chi connectivity index (χ0n) is 11.9. The van der Waals surface area contributed by atoms with Crippen LogP contribution in [-0.2, 0) is 9.47 Å². The van der Waals surface area contributed by atoms with Gasteiger partial charge in [-0.25, -0.2) is 0 Å². The van der Waals surface area contributed by atoms with E-state index in [1.54, 1.807) is 0 Å². The van der Waals surface area contributed by atoms with Gasteiger partial charge in [0.2, 0.25) is 5.79 Å². The van der Waals surface area contributed by atoms with E-state index in [9.17, 15) is 0 Å². The van der Waals surface area contributed by atoms with E-state index >= 15 is 0 Å². The molecule has 0 radical (unpaired) electrons. The molecule has 0 aromatic rings. The summed E-state index contributed by atoms with van der Waals surface area (Å²) < 4.78 is 12.0. The summed E-state index contributed by atoms with van der Waals surface area (Å²) in [6.45, 7) is 9.03. The molecule has 0 unspecified atom stereocenters. The van der Waals surface area contributed by atoms with Crippen LogP contribution in [0.1, 0.15) is 72.6 Å². The average Bonchev–Trinajstić information content (AvgIpc) is 3.12. The number of epoxide rings is 2. The molecule has 1 spiro atoms. The van der Waals surface area contributed by atoms with Crippen LogP contribution in [0, 0.1) is 5.92 Å². The highest BCUT2D eigenvalue weighted by Gasteiger charge is 2.84. The summed E-state index contributed by atoms with van der Waals surface area (Å²) in [6.07, 6.45) is 8.96. The van der Waals surface area contributed by atoms with E-state index in [1.807, 2.05) is 0 Å². The van der Waals surface area contributed by atoms with Gasteiger partial charge in [-0.1, -0.05) is 53.4 Å². The Balaban J connectivity index is 1.88. The Kier molecular flexibility index (Phi) is 3.84. The van der Waals surface area contributed by atoms with Crippen LogP contribution in [0.5, 0.6) is 0 Å². The van der Waals surface area contributed by atoms with E-state index in [0.717, 1.165) is 6.42 Å². The monoisotopic (exact) mass is 240 g/mol. The van der Waals surface area contributed by atoms with Crippen LogP contribution >= 0.6 is 0 Å². The molecule has 0 aliphatic carbocycles. The Labute approximate surface area is 106 Å². The third kappa shape index (κ3) is 2.39. The van der Waals surface area contributed by atoms with Crippen LogP contribution in [0.25, 0.3) is 0 Å². The molecular formula is C15H28O2. The zero-order valence-corrected chi connectivity index (χ0v) is 11.9. The Hall–Kier alpha value is -0.0800. The number of ether oxygens (including phenoxy) is 2. The van der Waals surface area contributed by atoms with Crippen LogP contribution in [0.4, 0.5) is 0 Å². The molecule has 2 heterocycles. The van der Waals surface area contributed by atoms with Crippen molar-refractivity contribution in [2.45, 2.75) is 90.1 Å². The zero-order chi connectivity index (χ0) is 12.5. The molecule has 0 saturated carbocycles. The second-order valence-electron chi connectivity index (χ2n) is 6.21. The van der Waals surface area contributed by atoms with Gasteiger partial charge >= 0.3 is 0 Å². The van der Waals surface area contributed by atoms with E-state index in [4.69, 9.17) is 9.47 Å². The van der Waals surface area contributed by atoms with Gasteiger partial charge in [-0.2, -0.15) is 0 Å². The third-order valence-corrected chi connectivity index (χ3v) is 4.18. The highest BCUT2D eigenvalue weighted by atomic mass is 16.9. The first-order valence-electron chi connectivity index (χ1n) is 7.48. The largest absolute Gasteiger partial charge is 0.336 e. The number of rotatable bonds is 8. The lowest BCUT2D eigenvalue weighted by Crippen LogP contribution is -2.19. The maximum Gasteiger partial charge on any atom is 0.226 e. The van der Waals surface area contributed by atoms with Crippen molar-refractivity contribution in [1.82, 2.24) is 0 Å². The van der Waals surface area contributed by atoms with Crippen molar-refractivity contribution in [2.24, 2.45) is 5.92 Å². The van der Waals surface area contributed by atoms with Crippen molar-refractivity contribution in [3.8, 4) is 0 Å². The lowest BCUT2D eigenvalue weighted by Gasteiger charge is -2.10. The first-order valence-corrected chi connectivity index (χ1v) is 7.48. The Morgan fingerprint density at radius 2 is 1.65 bits per heavy atom. The van der Waals surface area contributed by atoms with Crippen molar-refractivity contribution in [2.75, 3.05) is 0 Å². The molecular weight excluding hydrogens is 212 g/mol. The predicted octanol–water partition coefficient (Wildman–Crippen LogP) is 4.28. The summed E-state index contributed by atoms with van der Waals surface area (Å²) in [5.74, 6) is 0.570. The maximum absolute atomic E-state index is 6.10. The van der Waals surface area contributed by atoms with Crippen molar-refractivity contribution in [3.63, 3.8) is 0 Å². The summed E-state index contributed by atoms with van der Waals surface area (Å²) in [7, 11) is 0. The molecule has 17 heavy (non-hydrogen) atoms. The minimum atomic E-state index is -0.137. The lowest BCUT2D eigenvalue weighted by atomic mass is 9.89. The van der Waals surface area contributed by atoms with Crippen LogP contribution in [-0.4, -0.2) is 17.5 Å². The first-order chi connectivity index (χ1) is 8.10. The van der Waals surface area contributed by atoms with Crippen molar-refractivity contribution in [1.29, 1.82) is 0 Å². The summed E-state index contributed by atoms with van der Waals surface area (Å²) in [4.78, 5) is 0. The molecule has 2 aliphatic heterocycles. The van der Waals surface area contributed by atoms with Crippen molar-refractivity contribution < 1.29 is 9.47 Å². The molecule has 2 heteroatoms. The quantitative estimate of drug-likeness (QED) is 0.592. The van der Waals surface area contributed by atoms with E-state index in [1.165, 1.54) is 38.5 Å². The summed E-state index contributed by atoms with van der Waals surface area (Å²) in [6, 6.07) is 0. The Morgan fingerprint density at radius 3 is 2.12 bits per heavy atom. The molecule has 2 aliphatic rings. The Morgan fingerprint density at radius 1 is 1.06 bits per heavy atom. The minimum absolute atomic E-state index is 0.0958. The van der Waals surface area contributed by atoms with Gasteiger partial charge in [0.1, 0.15) is 11.7 Å². The van der Waals surface area contributed by atoms with Gasteiger partial charge in [-0.05, 0) is 25.2 Å². The van der Waals surface area contributed by atoms with Gasteiger partial charge in [-0.15, -0.1) is 0 Å². The normalized spacial score (nSPS) is 33.4. The van der Waals surface area contributed by atoms with Gasteiger partial charge in [0.05, 0.1) is 0 Å². The highest BCUT2D eigenvalue weighted by Crippen LogP contribution is 2.68. The van der Waals surface area contributed by atoms with Crippen LogP contribution in [0.3, 0.4) is 0 Å². The topological polar surface area (TPSA) is 25.1 Å². The highest BCUT2D eigenvalue weighted by molar-refractivity contribution is 5.22. The second kappa shape index (κ2) is 4.89. The fourth-order valence-corrected chi connectivity index (χ4v) is 3.06. The number of hydrogen-bond donors (Lipinski definition) is 0. The first kappa shape index (κ1) is 13.4. The molecule has 0 aromatic carbocycles. The summed E-state index contributed by atoms with van der Waals surface area (Å²) in [5.41, 5.74) is 0.0958. The molecule has 0 bridgehead atoms. The molecule has 100 valence electrons. The molecule has 0 amide bonds. The minimum Gasteiger partial charge on any atom is -0.336 e. The van der Waals surface area contributed by atoms with E-state index in [0.29, 0.717) is 12.0 Å². The fraction of sp³-hybridized carbons (Fsp3) is 1.00. The van der Waals surface area contributed by atoms with Gasteiger partial charge in [0.15, 0.2) is 0 Å². The molecule has 2 atom stereocenters. The lowest BCUT2D eigenvalue weighted by molar-refractivity contribution is 0.224. The smallest absolute Gasteiger partial charge is 0.226 e. The maximum atomic E-state index is 6.10. The van der Waals surface area contributed by atoms with Gasteiger partial charge in [-0.3, -0.25) is 0 Å².